The average Bonchev–Trinajstić information content (AvgIpc) is 2.66. The number of rotatable bonds is 9. The molecule has 0 fully saturated rings. The minimum Gasteiger partial charge on any atom is -0.493 e. The van der Waals surface area contributed by atoms with Gasteiger partial charge in [-0.15, -0.1) is 0 Å². The summed E-state index contributed by atoms with van der Waals surface area (Å²) in [6, 6.07) is 11.3. The highest BCUT2D eigenvalue weighted by atomic mass is 16.5. The third kappa shape index (κ3) is 5.74. The van der Waals surface area contributed by atoms with Crippen LogP contribution in [-0.4, -0.2) is 32.4 Å². The van der Waals surface area contributed by atoms with Crippen LogP contribution in [0.2, 0.25) is 0 Å². The molecule has 0 heterocycles. The van der Waals surface area contributed by atoms with Gasteiger partial charge in [-0.05, 0) is 43.5 Å². The maximum absolute atomic E-state index is 12.0. The Morgan fingerprint density at radius 2 is 1.78 bits per heavy atom. The molecule has 0 bridgehead atoms. The minimum absolute atomic E-state index is 0.111. The van der Waals surface area contributed by atoms with E-state index in [1.807, 2.05) is 57.2 Å². The summed E-state index contributed by atoms with van der Waals surface area (Å²) < 4.78 is 16.7. The largest absolute Gasteiger partial charge is 0.493 e. The molecule has 0 spiro atoms. The van der Waals surface area contributed by atoms with Gasteiger partial charge >= 0.3 is 0 Å². The number of para-hydroxylation sites is 2. The molecular formula is C21H26N2O4. The van der Waals surface area contributed by atoms with E-state index in [1.54, 1.807) is 7.11 Å². The molecule has 1 N–H and O–H groups in total. The van der Waals surface area contributed by atoms with Gasteiger partial charge < -0.3 is 14.2 Å². The zero-order chi connectivity index (χ0) is 19.6. The number of carbonyl (C=O) groups excluding carboxylic acids is 1. The van der Waals surface area contributed by atoms with Gasteiger partial charge in [-0.25, -0.2) is 5.43 Å². The number of nitrogens with one attached hydrogen (secondary N) is 1. The van der Waals surface area contributed by atoms with E-state index >= 15 is 0 Å². The lowest BCUT2D eigenvalue weighted by molar-refractivity contribution is -0.123. The molecule has 2 aromatic rings. The second kappa shape index (κ2) is 10.2. The van der Waals surface area contributed by atoms with Crippen LogP contribution >= 0.6 is 0 Å². The molecule has 0 atom stereocenters. The lowest BCUT2D eigenvalue weighted by Crippen LogP contribution is -2.25. The van der Waals surface area contributed by atoms with Crippen molar-refractivity contribution in [2.75, 3.05) is 20.3 Å². The average molecular weight is 370 g/mol. The predicted octanol–water partition coefficient (Wildman–Crippen LogP) is 3.63. The monoisotopic (exact) mass is 370 g/mol. The normalized spacial score (nSPS) is 10.7. The molecule has 0 saturated heterocycles. The number of methoxy groups -OCH3 is 1. The smallest absolute Gasteiger partial charge is 0.277 e. The first-order chi connectivity index (χ1) is 13.1. The fourth-order valence-corrected chi connectivity index (χ4v) is 2.52. The van der Waals surface area contributed by atoms with Crippen molar-refractivity contribution >= 4 is 12.1 Å². The summed E-state index contributed by atoms with van der Waals surface area (Å²) in [6.07, 6.45) is 2.41. The summed E-state index contributed by atoms with van der Waals surface area (Å²) in [5.74, 6) is 1.61. The van der Waals surface area contributed by atoms with Gasteiger partial charge in [0.2, 0.25) is 0 Å². The Balaban J connectivity index is 1.97. The van der Waals surface area contributed by atoms with Crippen LogP contribution in [0.25, 0.3) is 0 Å². The van der Waals surface area contributed by atoms with Gasteiger partial charge in [0.25, 0.3) is 5.91 Å². The Bertz CT molecular complexity index is 783. The molecule has 1 amide bonds. The second-order valence-corrected chi connectivity index (χ2v) is 6.03. The van der Waals surface area contributed by atoms with Crippen LogP contribution in [0.15, 0.2) is 41.5 Å². The van der Waals surface area contributed by atoms with Crippen LogP contribution in [0.5, 0.6) is 17.2 Å². The van der Waals surface area contributed by atoms with Crippen molar-refractivity contribution in [3.05, 3.63) is 53.1 Å². The quantitative estimate of drug-likeness (QED) is 0.541. The maximum atomic E-state index is 12.0. The lowest BCUT2D eigenvalue weighted by atomic mass is 10.1. The highest BCUT2D eigenvalue weighted by Crippen LogP contribution is 2.30. The van der Waals surface area contributed by atoms with Crippen molar-refractivity contribution in [1.29, 1.82) is 0 Å². The number of nitrogens with zero attached hydrogens (tertiary/aromatic N) is 1. The van der Waals surface area contributed by atoms with Gasteiger partial charge in [0.1, 0.15) is 5.75 Å². The van der Waals surface area contributed by atoms with Gasteiger partial charge in [-0.3, -0.25) is 4.79 Å². The van der Waals surface area contributed by atoms with Gasteiger partial charge in [-0.1, -0.05) is 31.2 Å². The molecule has 0 unspecified atom stereocenters. The fourth-order valence-electron chi connectivity index (χ4n) is 2.52. The molecule has 0 aliphatic carbocycles. The standard InChI is InChI=1S/C21H26N2O4/c1-5-12-26-21-17(10-7-11-18(21)25-4)13-22-23-19(24)14-27-20-15(2)8-6-9-16(20)3/h6-11,13H,5,12,14H2,1-4H3,(H,23,24)/b22-13-. The fraction of sp³-hybridized carbons (Fsp3) is 0.333. The molecule has 0 aliphatic heterocycles. The van der Waals surface area contributed by atoms with Gasteiger partial charge in [0, 0.05) is 5.56 Å². The Kier molecular flexibility index (Phi) is 7.67. The molecule has 0 aromatic heterocycles. The highest BCUT2D eigenvalue weighted by Gasteiger charge is 2.10. The molecule has 6 nitrogen and oxygen atoms in total. The summed E-state index contributed by atoms with van der Waals surface area (Å²) >= 11 is 0. The molecule has 27 heavy (non-hydrogen) atoms. The molecule has 0 saturated carbocycles. The van der Waals surface area contributed by atoms with E-state index in [1.165, 1.54) is 6.21 Å². The third-order valence-corrected chi connectivity index (χ3v) is 3.83. The Morgan fingerprint density at radius 1 is 1.07 bits per heavy atom. The van der Waals surface area contributed by atoms with Crippen LogP contribution < -0.4 is 19.6 Å². The van der Waals surface area contributed by atoms with E-state index in [4.69, 9.17) is 14.2 Å². The molecule has 144 valence electrons. The van der Waals surface area contributed by atoms with Gasteiger partial charge in [0.15, 0.2) is 18.1 Å². The van der Waals surface area contributed by atoms with Gasteiger partial charge in [0.05, 0.1) is 19.9 Å². The van der Waals surface area contributed by atoms with Crippen molar-refractivity contribution in [3.8, 4) is 17.2 Å². The van der Waals surface area contributed by atoms with Crippen molar-refractivity contribution < 1.29 is 19.0 Å². The number of carbonyl (C=O) groups is 1. The lowest BCUT2D eigenvalue weighted by Gasteiger charge is -2.12. The number of hydrazone groups is 1. The van der Waals surface area contributed by atoms with Crippen molar-refractivity contribution in [1.82, 2.24) is 5.43 Å². The highest BCUT2D eigenvalue weighted by molar-refractivity contribution is 5.86. The minimum atomic E-state index is -0.340. The number of hydrogen-bond acceptors (Lipinski definition) is 5. The third-order valence-electron chi connectivity index (χ3n) is 3.83. The SMILES string of the molecule is CCCOc1c(/C=N\NC(=O)COc2c(C)cccc2C)cccc1OC. The number of benzene rings is 2. The summed E-state index contributed by atoms with van der Waals surface area (Å²) in [7, 11) is 1.59. The zero-order valence-electron chi connectivity index (χ0n) is 16.2. The molecule has 6 heteroatoms. The Labute approximate surface area is 160 Å². The summed E-state index contributed by atoms with van der Waals surface area (Å²) in [4.78, 5) is 12.0. The summed E-state index contributed by atoms with van der Waals surface area (Å²) in [5, 5.41) is 4.00. The van der Waals surface area contributed by atoms with E-state index in [9.17, 15) is 4.79 Å². The van der Waals surface area contributed by atoms with Crippen LogP contribution in [0.3, 0.4) is 0 Å². The van der Waals surface area contributed by atoms with Crippen molar-refractivity contribution in [2.24, 2.45) is 5.10 Å². The maximum Gasteiger partial charge on any atom is 0.277 e. The number of amides is 1. The van der Waals surface area contributed by atoms with E-state index in [0.29, 0.717) is 18.1 Å². The van der Waals surface area contributed by atoms with Crippen molar-refractivity contribution in [2.45, 2.75) is 27.2 Å². The molecule has 0 radical (unpaired) electrons. The number of aryl methyl sites for hydroxylation is 2. The topological polar surface area (TPSA) is 69.2 Å². The van der Waals surface area contributed by atoms with Crippen LogP contribution in [-0.2, 0) is 4.79 Å². The first-order valence-corrected chi connectivity index (χ1v) is 8.87. The zero-order valence-corrected chi connectivity index (χ0v) is 16.2. The summed E-state index contributed by atoms with van der Waals surface area (Å²) in [6.45, 7) is 6.37. The number of hydrogen-bond donors (Lipinski definition) is 1. The molecular weight excluding hydrogens is 344 g/mol. The van der Waals surface area contributed by atoms with E-state index in [-0.39, 0.29) is 12.5 Å². The Morgan fingerprint density at radius 3 is 2.44 bits per heavy atom. The molecule has 2 aromatic carbocycles. The summed E-state index contributed by atoms with van der Waals surface area (Å²) in [5.41, 5.74) is 5.16. The number of ether oxygens (including phenoxy) is 3. The first-order valence-electron chi connectivity index (χ1n) is 8.87. The van der Waals surface area contributed by atoms with E-state index in [0.717, 1.165) is 28.9 Å². The molecule has 2 rings (SSSR count). The molecule has 0 aliphatic rings. The predicted molar refractivity (Wildman–Crippen MR) is 106 cm³/mol. The van der Waals surface area contributed by atoms with Crippen molar-refractivity contribution in [3.63, 3.8) is 0 Å². The van der Waals surface area contributed by atoms with Crippen LogP contribution in [0.4, 0.5) is 0 Å². The van der Waals surface area contributed by atoms with E-state index in [2.05, 4.69) is 10.5 Å². The second-order valence-electron chi connectivity index (χ2n) is 6.03. The first kappa shape index (κ1) is 20.3. The van der Waals surface area contributed by atoms with Crippen LogP contribution in [0, 0.1) is 13.8 Å². The van der Waals surface area contributed by atoms with E-state index < -0.39 is 0 Å². The van der Waals surface area contributed by atoms with Crippen LogP contribution in [0.1, 0.15) is 30.0 Å². The van der Waals surface area contributed by atoms with Gasteiger partial charge in [-0.2, -0.15) is 5.10 Å². The Hall–Kier alpha value is -3.02.